The monoisotopic (exact) mass is 370 g/mol. The second-order valence-corrected chi connectivity index (χ2v) is 8.11. The van der Waals surface area contributed by atoms with Gasteiger partial charge in [0.15, 0.2) is 0 Å². The Hall–Kier alpha value is -1.94. The maximum absolute atomic E-state index is 12.8. The molecule has 0 spiro atoms. The summed E-state index contributed by atoms with van der Waals surface area (Å²) in [6.45, 7) is 0. The molecule has 0 saturated heterocycles. The standard InChI is InChI=1S/C23H30O4/c24-20(11-6-10-16-7-2-1-3-8-16)23-19-14-17(9-4-5-12-22(26)27)13-18(19)15-21(23)25/h1-3,7-9,18-19,21,23,25H,4-6,10-15H2,(H,26,27)/t18-,19-,21+,23-/m0/s1. The minimum atomic E-state index is -0.749. The van der Waals surface area contributed by atoms with Gasteiger partial charge in [0.25, 0.3) is 0 Å². The summed E-state index contributed by atoms with van der Waals surface area (Å²) >= 11 is 0. The fourth-order valence-electron chi connectivity index (χ4n) is 4.92. The molecule has 4 heteroatoms. The molecule has 2 saturated carbocycles. The number of hydrogen-bond acceptors (Lipinski definition) is 3. The lowest BCUT2D eigenvalue weighted by Gasteiger charge is -2.19. The molecule has 0 amide bonds. The molecule has 0 aromatic heterocycles. The van der Waals surface area contributed by atoms with Crippen LogP contribution in [0.15, 0.2) is 42.0 Å². The number of rotatable bonds is 9. The van der Waals surface area contributed by atoms with E-state index < -0.39 is 12.1 Å². The van der Waals surface area contributed by atoms with E-state index in [-0.39, 0.29) is 24.0 Å². The Balaban J connectivity index is 1.49. The topological polar surface area (TPSA) is 74.6 Å². The molecule has 146 valence electrons. The Morgan fingerprint density at radius 3 is 2.59 bits per heavy atom. The number of ketones is 1. The van der Waals surface area contributed by atoms with Crippen LogP contribution in [0.5, 0.6) is 0 Å². The number of carbonyl (C=O) groups excluding carboxylic acids is 1. The molecule has 0 radical (unpaired) electrons. The molecular weight excluding hydrogens is 340 g/mol. The highest BCUT2D eigenvalue weighted by atomic mass is 16.4. The van der Waals surface area contributed by atoms with Crippen molar-refractivity contribution < 1.29 is 19.8 Å². The van der Waals surface area contributed by atoms with Crippen LogP contribution in [0.1, 0.15) is 56.9 Å². The number of aliphatic hydroxyl groups is 1. The zero-order chi connectivity index (χ0) is 19.2. The number of aliphatic hydroxyl groups excluding tert-OH is 1. The van der Waals surface area contributed by atoms with Gasteiger partial charge in [-0.1, -0.05) is 42.0 Å². The van der Waals surface area contributed by atoms with E-state index in [0.29, 0.717) is 18.8 Å². The maximum Gasteiger partial charge on any atom is 0.303 e. The summed E-state index contributed by atoms with van der Waals surface area (Å²) in [7, 11) is 0. The van der Waals surface area contributed by atoms with E-state index in [1.54, 1.807) is 0 Å². The van der Waals surface area contributed by atoms with Gasteiger partial charge in [0.05, 0.1) is 6.10 Å². The maximum atomic E-state index is 12.8. The molecule has 4 atom stereocenters. The van der Waals surface area contributed by atoms with Crippen molar-refractivity contribution in [3.63, 3.8) is 0 Å². The normalized spacial score (nSPS) is 28.4. The number of carbonyl (C=O) groups is 2. The molecule has 4 nitrogen and oxygen atoms in total. The molecule has 0 heterocycles. The molecule has 2 N–H and O–H groups in total. The summed E-state index contributed by atoms with van der Waals surface area (Å²) in [6.07, 6.45) is 8.20. The Morgan fingerprint density at radius 2 is 1.85 bits per heavy atom. The van der Waals surface area contributed by atoms with Crippen molar-refractivity contribution in [3.8, 4) is 0 Å². The first-order valence-corrected chi connectivity index (χ1v) is 10.2. The number of hydrogen-bond donors (Lipinski definition) is 2. The first-order chi connectivity index (χ1) is 13.0. The van der Waals surface area contributed by atoms with Gasteiger partial charge in [-0.05, 0) is 62.3 Å². The Morgan fingerprint density at radius 1 is 1.07 bits per heavy atom. The molecule has 27 heavy (non-hydrogen) atoms. The third kappa shape index (κ3) is 5.29. The van der Waals surface area contributed by atoms with Crippen LogP contribution in [0, 0.1) is 17.8 Å². The molecule has 1 aromatic rings. The second-order valence-electron chi connectivity index (χ2n) is 8.11. The van der Waals surface area contributed by atoms with Crippen molar-refractivity contribution in [1.82, 2.24) is 0 Å². The summed E-state index contributed by atoms with van der Waals surface area (Å²) in [4.78, 5) is 23.4. The number of fused-ring (bicyclic) bond motifs is 1. The van der Waals surface area contributed by atoms with Gasteiger partial charge in [-0.3, -0.25) is 9.59 Å². The van der Waals surface area contributed by atoms with Crippen molar-refractivity contribution in [2.75, 3.05) is 0 Å². The number of aliphatic carboxylic acids is 1. The zero-order valence-corrected chi connectivity index (χ0v) is 15.8. The average Bonchev–Trinajstić information content (AvgIpc) is 3.15. The lowest BCUT2D eigenvalue weighted by molar-refractivity contribution is -0.137. The van der Waals surface area contributed by atoms with E-state index in [1.165, 1.54) is 11.1 Å². The molecule has 2 aliphatic carbocycles. The molecule has 0 unspecified atom stereocenters. The van der Waals surface area contributed by atoms with Crippen LogP contribution in [0.3, 0.4) is 0 Å². The highest BCUT2D eigenvalue weighted by molar-refractivity contribution is 5.82. The van der Waals surface area contributed by atoms with Crippen LogP contribution in [0.25, 0.3) is 0 Å². The summed E-state index contributed by atoms with van der Waals surface area (Å²) in [5.74, 6) is -0.0570. The lowest BCUT2D eigenvalue weighted by atomic mass is 9.85. The predicted octanol–water partition coefficient (Wildman–Crippen LogP) is 4.17. The number of allylic oxidation sites excluding steroid dienone is 2. The number of unbranched alkanes of at least 4 members (excludes halogenated alkanes) is 1. The zero-order valence-electron chi connectivity index (χ0n) is 15.8. The highest BCUT2D eigenvalue weighted by Crippen LogP contribution is 2.50. The average molecular weight is 370 g/mol. The quantitative estimate of drug-likeness (QED) is 0.505. The van der Waals surface area contributed by atoms with Crippen molar-refractivity contribution in [1.29, 1.82) is 0 Å². The lowest BCUT2D eigenvalue weighted by Crippen LogP contribution is -2.28. The van der Waals surface area contributed by atoms with Crippen molar-refractivity contribution in [3.05, 3.63) is 47.5 Å². The van der Waals surface area contributed by atoms with Gasteiger partial charge in [0.1, 0.15) is 5.78 Å². The summed E-state index contributed by atoms with van der Waals surface area (Å²) in [6, 6.07) is 10.2. The van der Waals surface area contributed by atoms with E-state index in [0.717, 1.165) is 38.5 Å². The van der Waals surface area contributed by atoms with E-state index in [1.807, 2.05) is 18.2 Å². The third-order valence-electron chi connectivity index (χ3n) is 6.18. The van der Waals surface area contributed by atoms with Gasteiger partial charge in [0, 0.05) is 18.8 Å². The van der Waals surface area contributed by atoms with Crippen molar-refractivity contribution in [2.24, 2.45) is 17.8 Å². The van der Waals surface area contributed by atoms with Gasteiger partial charge in [-0.15, -0.1) is 0 Å². The van der Waals surface area contributed by atoms with Gasteiger partial charge >= 0.3 is 5.97 Å². The molecule has 2 fully saturated rings. The Kier molecular flexibility index (Phi) is 6.84. The predicted molar refractivity (Wildman–Crippen MR) is 104 cm³/mol. The number of benzene rings is 1. The smallest absolute Gasteiger partial charge is 0.303 e. The first-order valence-electron chi connectivity index (χ1n) is 10.2. The number of aryl methyl sites for hydroxylation is 1. The van der Waals surface area contributed by atoms with Crippen molar-refractivity contribution in [2.45, 2.75) is 63.9 Å². The van der Waals surface area contributed by atoms with E-state index in [9.17, 15) is 14.7 Å². The van der Waals surface area contributed by atoms with Crippen LogP contribution in [-0.2, 0) is 16.0 Å². The van der Waals surface area contributed by atoms with Crippen molar-refractivity contribution >= 4 is 11.8 Å². The number of carboxylic acid groups (broad SMARTS) is 1. The van der Waals surface area contributed by atoms with Crippen LogP contribution < -0.4 is 0 Å². The van der Waals surface area contributed by atoms with E-state index >= 15 is 0 Å². The largest absolute Gasteiger partial charge is 0.481 e. The van der Waals surface area contributed by atoms with Gasteiger partial charge < -0.3 is 10.2 Å². The SMILES string of the molecule is O=C(O)CCCC=C1C[C@H]2C[C@@H](O)[C@H](C(=O)CCCc3ccccc3)[C@H]2C1. The molecule has 2 aliphatic rings. The van der Waals surface area contributed by atoms with E-state index in [4.69, 9.17) is 5.11 Å². The highest BCUT2D eigenvalue weighted by Gasteiger charge is 2.48. The minimum absolute atomic E-state index is 0.206. The second kappa shape index (κ2) is 9.32. The van der Waals surface area contributed by atoms with Gasteiger partial charge in [-0.2, -0.15) is 0 Å². The summed E-state index contributed by atoms with van der Waals surface area (Å²) < 4.78 is 0. The molecule has 1 aromatic carbocycles. The molecule has 3 rings (SSSR count). The van der Waals surface area contributed by atoms with Crippen LogP contribution in [-0.4, -0.2) is 28.1 Å². The third-order valence-corrected chi connectivity index (χ3v) is 6.18. The fraction of sp³-hybridized carbons (Fsp3) is 0.565. The Labute approximate surface area is 161 Å². The van der Waals surface area contributed by atoms with Gasteiger partial charge in [0.2, 0.25) is 0 Å². The van der Waals surface area contributed by atoms with Crippen LogP contribution >= 0.6 is 0 Å². The fourth-order valence-corrected chi connectivity index (χ4v) is 4.92. The summed E-state index contributed by atoms with van der Waals surface area (Å²) in [5.41, 5.74) is 2.60. The first kappa shape index (κ1) is 19.8. The van der Waals surface area contributed by atoms with E-state index in [2.05, 4.69) is 18.2 Å². The molecule has 0 bridgehead atoms. The van der Waals surface area contributed by atoms with Gasteiger partial charge in [-0.25, -0.2) is 0 Å². The molecular formula is C23H30O4. The summed E-state index contributed by atoms with van der Waals surface area (Å²) in [5, 5.41) is 19.2. The number of Topliss-reactive ketones (excluding diaryl/α,β-unsaturated/α-hetero) is 1. The van der Waals surface area contributed by atoms with Crippen LogP contribution in [0.4, 0.5) is 0 Å². The number of carboxylic acids is 1. The Bertz CT molecular complexity index is 679. The molecule has 0 aliphatic heterocycles. The van der Waals surface area contributed by atoms with Crippen LogP contribution in [0.2, 0.25) is 0 Å². The minimum Gasteiger partial charge on any atom is -0.481 e.